The summed E-state index contributed by atoms with van der Waals surface area (Å²) in [7, 11) is 0. The third kappa shape index (κ3) is 1.87. The summed E-state index contributed by atoms with van der Waals surface area (Å²) in [4.78, 5) is 4.60. The second kappa shape index (κ2) is 4.52. The number of aromatic nitrogens is 1. The van der Waals surface area contributed by atoms with Crippen LogP contribution in [0.3, 0.4) is 0 Å². The lowest BCUT2D eigenvalue weighted by Crippen LogP contribution is -2.04. The number of hydrogen-bond donors (Lipinski definition) is 1. The van der Waals surface area contributed by atoms with Crippen molar-refractivity contribution in [3.63, 3.8) is 0 Å². The Morgan fingerprint density at radius 3 is 2.69 bits per heavy atom. The number of nitrogens with zero attached hydrogens (tertiary/aromatic N) is 1. The number of anilines is 1. The Labute approximate surface area is 96.7 Å². The number of pyridine rings is 1. The summed E-state index contributed by atoms with van der Waals surface area (Å²) in [5, 5.41) is 4.73. The van der Waals surface area contributed by atoms with Gasteiger partial charge in [0.15, 0.2) is 0 Å². The molecule has 1 N–H and O–H groups in total. The van der Waals surface area contributed by atoms with Crippen LogP contribution in [0.15, 0.2) is 24.3 Å². The summed E-state index contributed by atoms with van der Waals surface area (Å²) in [5.41, 5.74) is 4.68. The van der Waals surface area contributed by atoms with E-state index in [0.717, 1.165) is 24.2 Å². The molecule has 2 rings (SSSR count). The van der Waals surface area contributed by atoms with Crippen molar-refractivity contribution < 1.29 is 0 Å². The maximum atomic E-state index is 4.60. The molecule has 0 aliphatic rings. The van der Waals surface area contributed by atoms with E-state index in [1.165, 1.54) is 16.6 Å². The molecule has 84 valence electrons. The summed E-state index contributed by atoms with van der Waals surface area (Å²) in [6, 6.07) is 8.30. The Morgan fingerprint density at radius 2 is 1.94 bits per heavy atom. The zero-order valence-electron chi connectivity index (χ0n) is 10.2. The number of hydrogen-bond acceptors (Lipinski definition) is 2. The van der Waals surface area contributed by atoms with Gasteiger partial charge in [0.25, 0.3) is 0 Å². The molecule has 2 heteroatoms. The van der Waals surface area contributed by atoms with Crippen LogP contribution in [0.25, 0.3) is 10.9 Å². The highest BCUT2D eigenvalue weighted by molar-refractivity contribution is 5.93. The standard InChI is InChI=1S/C14H18N2/c1-4-9-15-14-10(2)11(3)16-13-8-6-5-7-12(13)14/h5-8H,4,9H2,1-3H3,(H,15,16). The molecule has 1 aromatic heterocycles. The summed E-state index contributed by atoms with van der Waals surface area (Å²) in [5.74, 6) is 0. The Kier molecular flexibility index (Phi) is 3.09. The molecule has 0 saturated heterocycles. The number of nitrogens with one attached hydrogen (secondary N) is 1. The van der Waals surface area contributed by atoms with Crippen LogP contribution in [0.5, 0.6) is 0 Å². The SMILES string of the molecule is CCCNc1c(C)c(C)nc2ccccc12. The van der Waals surface area contributed by atoms with E-state index in [1.807, 2.05) is 6.07 Å². The monoisotopic (exact) mass is 214 g/mol. The van der Waals surface area contributed by atoms with Crippen LogP contribution in [0.4, 0.5) is 5.69 Å². The molecule has 0 atom stereocenters. The quantitative estimate of drug-likeness (QED) is 0.843. The number of benzene rings is 1. The van der Waals surface area contributed by atoms with Crippen LogP contribution >= 0.6 is 0 Å². The topological polar surface area (TPSA) is 24.9 Å². The summed E-state index contributed by atoms with van der Waals surface area (Å²) < 4.78 is 0. The second-order valence-corrected chi connectivity index (χ2v) is 4.14. The number of fused-ring (bicyclic) bond motifs is 1. The van der Waals surface area contributed by atoms with Gasteiger partial charge in [-0.15, -0.1) is 0 Å². The first-order valence-electron chi connectivity index (χ1n) is 5.84. The van der Waals surface area contributed by atoms with E-state index >= 15 is 0 Å². The first-order valence-corrected chi connectivity index (χ1v) is 5.84. The average molecular weight is 214 g/mol. The first-order chi connectivity index (χ1) is 7.74. The van der Waals surface area contributed by atoms with E-state index in [0.29, 0.717) is 0 Å². The molecule has 0 bridgehead atoms. The van der Waals surface area contributed by atoms with Gasteiger partial charge < -0.3 is 5.32 Å². The van der Waals surface area contributed by atoms with Crippen molar-refractivity contribution in [1.82, 2.24) is 4.98 Å². The lowest BCUT2D eigenvalue weighted by Gasteiger charge is -2.13. The van der Waals surface area contributed by atoms with Gasteiger partial charge in [0.2, 0.25) is 0 Å². The number of para-hydroxylation sites is 1. The van der Waals surface area contributed by atoms with Crippen LogP contribution < -0.4 is 5.32 Å². The minimum atomic E-state index is 1.01. The molecule has 0 unspecified atom stereocenters. The Hall–Kier alpha value is -1.57. The van der Waals surface area contributed by atoms with Gasteiger partial charge in [0, 0.05) is 23.3 Å². The van der Waals surface area contributed by atoms with Gasteiger partial charge in [-0.05, 0) is 31.9 Å². The molecule has 0 aliphatic heterocycles. The molecule has 16 heavy (non-hydrogen) atoms. The van der Waals surface area contributed by atoms with E-state index in [4.69, 9.17) is 0 Å². The maximum absolute atomic E-state index is 4.60. The van der Waals surface area contributed by atoms with Gasteiger partial charge in [0.1, 0.15) is 0 Å². The van der Waals surface area contributed by atoms with Gasteiger partial charge in [0.05, 0.1) is 5.52 Å². The van der Waals surface area contributed by atoms with Crippen LogP contribution in [0.1, 0.15) is 24.6 Å². The molecule has 1 heterocycles. The normalized spacial score (nSPS) is 10.7. The van der Waals surface area contributed by atoms with E-state index in [1.54, 1.807) is 0 Å². The summed E-state index contributed by atoms with van der Waals surface area (Å²) in [6.45, 7) is 7.39. The first kappa shape index (κ1) is 10.9. The van der Waals surface area contributed by atoms with E-state index < -0.39 is 0 Å². The molecule has 1 aromatic carbocycles. The Bertz CT molecular complexity index is 503. The van der Waals surface area contributed by atoms with Gasteiger partial charge in [-0.25, -0.2) is 0 Å². The van der Waals surface area contributed by atoms with Gasteiger partial charge in [-0.1, -0.05) is 25.1 Å². The smallest absolute Gasteiger partial charge is 0.0726 e. The van der Waals surface area contributed by atoms with Crippen molar-refractivity contribution in [2.24, 2.45) is 0 Å². The van der Waals surface area contributed by atoms with E-state index in [9.17, 15) is 0 Å². The largest absolute Gasteiger partial charge is 0.384 e. The Morgan fingerprint density at radius 1 is 1.19 bits per heavy atom. The fraction of sp³-hybridized carbons (Fsp3) is 0.357. The fourth-order valence-corrected chi connectivity index (χ4v) is 1.91. The van der Waals surface area contributed by atoms with Crippen molar-refractivity contribution in [1.29, 1.82) is 0 Å². The van der Waals surface area contributed by atoms with Gasteiger partial charge >= 0.3 is 0 Å². The number of aryl methyl sites for hydroxylation is 1. The molecule has 0 aliphatic carbocycles. The molecule has 0 amide bonds. The zero-order valence-corrected chi connectivity index (χ0v) is 10.2. The molecule has 0 radical (unpaired) electrons. The fourth-order valence-electron chi connectivity index (χ4n) is 1.91. The van der Waals surface area contributed by atoms with Crippen molar-refractivity contribution in [3.05, 3.63) is 35.5 Å². The minimum absolute atomic E-state index is 1.01. The summed E-state index contributed by atoms with van der Waals surface area (Å²) in [6.07, 6.45) is 1.13. The average Bonchev–Trinajstić information content (AvgIpc) is 2.30. The van der Waals surface area contributed by atoms with Crippen LogP contribution in [0, 0.1) is 13.8 Å². The molecule has 2 nitrogen and oxygen atoms in total. The predicted octanol–water partition coefficient (Wildman–Crippen LogP) is 3.67. The van der Waals surface area contributed by atoms with Crippen LogP contribution in [-0.2, 0) is 0 Å². The minimum Gasteiger partial charge on any atom is -0.384 e. The lowest BCUT2D eigenvalue weighted by atomic mass is 10.1. The molecular formula is C14H18N2. The third-order valence-electron chi connectivity index (χ3n) is 2.93. The zero-order chi connectivity index (χ0) is 11.5. The van der Waals surface area contributed by atoms with Gasteiger partial charge in [-0.2, -0.15) is 0 Å². The number of rotatable bonds is 3. The summed E-state index contributed by atoms with van der Waals surface area (Å²) >= 11 is 0. The van der Waals surface area contributed by atoms with Crippen LogP contribution in [0.2, 0.25) is 0 Å². The van der Waals surface area contributed by atoms with E-state index in [2.05, 4.69) is 49.3 Å². The van der Waals surface area contributed by atoms with Crippen molar-refractivity contribution in [2.45, 2.75) is 27.2 Å². The highest BCUT2D eigenvalue weighted by Gasteiger charge is 2.07. The second-order valence-electron chi connectivity index (χ2n) is 4.14. The van der Waals surface area contributed by atoms with Gasteiger partial charge in [-0.3, -0.25) is 4.98 Å². The Balaban J connectivity index is 2.61. The maximum Gasteiger partial charge on any atom is 0.0726 e. The van der Waals surface area contributed by atoms with Crippen molar-refractivity contribution in [2.75, 3.05) is 11.9 Å². The lowest BCUT2D eigenvalue weighted by molar-refractivity contribution is 0.977. The highest BCUT2D eigenvalue weighted by Crippen LogP contribution is 2.27. The van der Waals surface area contributed by atoms with Crippen molar-refractivity contribution >= 4 is 16.6 Å². The highest BCUT2D eigenvalue weighted by atomic mass is 14.9. The molecule has 0 saturated carbocycles. The van der Waals surface area contributed by atoms with Crippen LogP contribution in [-0.4, -0.2) is 11.5 Å². The molecule has 0 fully saturated rings. The van der Waals surface area contributed by atoms with Crippen molar-refractivity contribution in [3.8, 4) is 0 Å². The van der Waals surface area contributed by atoms with E-state index in [-0.39, 0.29) is 0 Å². The molecule has 0 spiro atoms. The molecular weight excluding hydrogens is 196 g/mol. The molecule has 2 aromatic rings. The predicted molar refractivity (Wildman–Crippen MR) is 70.0 cm³/mol. The third-order valence-corrected chi connectivity index (χ3v) is 2.93.